The zero-order valence-corrected chi connectivity index (χ0v) is 16.1. The van der Waals surface area contributed by atoms with Gasteiger partial charge in [0.25, 0.3) is 0 Å². The first kappa shape index (κ1) is 21.6. The SMILES string of the molecule is CCCCCC(CCOC(=O)C(C)SC)OC(=O)C(C)SC. The number of unbranched alkanes of at least 4 members (excludes halogenated alkanes) is 2. The summed E-state index contributed by atoms with van der Waals surface area (Å²) < 4.78 is 10.8. The summed E-state index contributed by atoms with van der Waals surface area (Å²) in [7, 11) is 0. The topological polar surface area (TPSA) is 52.6 Å². The van der Waals surface area contributed by atoms with E-state index in [0.717, 1.165) is 25.7 Å². The predicted octanol–water partition coefficient (Wildman–Crippen LogP) is 3.91. The lowest BCUT2D eigenvalue weighted by Gasteiger charge is -2.20. The van der Waals surface area contributed by atoms with E-state index in [2.05, 4.69) is 6.92 Å². The highest BCUT2D eigenvalue weighted by molar-refractivity contribution is 8.00. The maximum atomic E-state index is 11.9. The summed E-state index contributed by atoms with van der Waals surface area (Å²) in [6.45, 7) is 6.12. The molecule has 0 bridgehead atoms. The summed E-state index contributed by atoms with van der Waals surface area (Å²) >= 11 is 2.94. The van der Waals surface area contributed by atoms with E-state index < -0.39 is 0 Å². The molecule has 0 rings (SSSR count). The largest absolute Gasteiger partial charge is 0.465 e. The van der Waals surface area contributed by atoms with Crippen LogP contribution in [0, 0.1) is 0 Å². The van der Waals surface area contributed by atoms with Crippen molar-refractivity contribution in [1.29, 1.82) is 0 Å². The summed E-state index contributed by atoms with van der Waals surface area (Å²) in [5, 5.41) is -0.314. The second-order valence-corrected chi connectivity index (χ2v) is 7.62. The van der Waals surface area contributed by atoms with Gasteiger partial charge in [0.2, 0.25) is 0 Å². The van der Waals surface area contributed by atoms with Crippen LogP contribution in [0.4, 0.5) is 0 Å². The molecule has 3 unspecified atom stereocenters. The molecular formula is C16H30O4S2. The van der Waals surface area contributed by atoms with E-state index in [-0.39, 0.29) is 28.5 Å². The third-order valence-electron chi connectivity index (χ3n) is 3.47. The number of carbonyl (C=O) groups excluding carboxylic acids is 2. The van der Waals surface area contributed by atoms with E-state index in [4.69, 9.17) is 9.47 Å². The lowest BCUT2D eigenvalue weighted by atomic mass is 10.1. The summed E-state index contributed by atoms with van der Waals surface area (Å²) in [6, 6.07) is 0. The number of esters is 2. The highest BCUT2D eigenvalue weighted by Crippen LogP contribution is 2.15. The molecule has 0 spiro atoms. The van der Waals surface area contributed by atoms with Crippen LogP contribution in [0.1, 0.15) is 52.9 Å². The molecule has 22 heavy (non-hydrogen) atoms. The number of ether oxygens (including phenoxy) is 2. The molecule has 0 fully saturated rings. The van der Waals surface area contributed by atoms with Gasteiger partial charge in [0, 0.05) is 6.42 Å². The van der Waals surface area contributed by atoms with Gasteiger partial charge in [-0.05, 0) is 39.2 Å². The summed E-state index contributed by atoms with van der Waals surface area (Å²) in [4.78, 5) is 23.6. The van der Waals surface area contributed by atoms with Gasteiger partial charge >= 0.3 is 11.9 Å². The summed E-state index contributed by atoms with van der Waals surface area (Å²) in [6.07, 6.45) is 8.29. The van der Waals surface area contributed by atoms with Crippen molar-refractivity contribution in [3.8, 4) is 0 Å². The Morgan fingerprint density at radius 3 is 2.09 bits per heavy atom. The molecule has 0 saturated heterocycles. The van der Waals surface area contributed by atoms with Crippen LogP contribution >= 0.6 is 23.5 Å². The molecule has 0 aromatic carbocycles. The van der Waals surface area contributed by atoms with Crippen molar-refractivity contribution in [2.75, 3.05) is 19.1 Å². The van der Waals surface area contributed by atoms with Crippen molar-refractivity contribution in [3.63, 3.8) is 0 Å². The molecule has 4 nitrogen and oxygen atoms in total. The fraction of sp³-hybridized carbons (Fsp3) is 0.875. The Balaban J connectivity index is 4.28. The van der Waals surface area contributed by atoms with Crippen LogP contribution in [0.15, 0.2) is 0 Å². The molecule has 0 saturated carbocycles. The van der Waals surface area contributed by atoms with E-state index in [1.165, 1.54) is 23.5 Å². The minimum atomic E-state index is -0.205. The predicted molar refractivity (Wildman–Crippen MR) is 95.6 cm³/mol. The van der Waals surface area contributed by atoms with Crippen molar-refractivity contribution in [2.45, 2.75) is 69.5 Å². The molecule has 0 amide bonds. The average molecular weight is 351 g/mol. The van der Waals surface area contributed by atoms with Gasteiger partial charge in [-0.25, -0.2) is 0 Å². The third-order valence-corrected chi connectivity index (χ3v) is 5.27. The molecule has 0 aliphatic heterocycles. The average Bonchev–Trinajstić information content (AvgIpc) is 2.52. The monoisotopic (exact) mass is 350 g/mol. The zero-order valence-electron chi connectivity index (χ0n) is 14.4. The standard InChI is InChI=1S/C16H30O4S2/c1-6-7-8-9-14(20-16(18)13(3)22-5)10-11-19-15(17)12(2)21-4/h12-14H,6-11H2,1-5H3. The number of hydrogen-bond acceptors (Lipinski definition) is 6. The summed E-state index contributed by atoms with van der Waals surface area (Å²) in [5.74, 6) is -0.388. The lowest BCUT2D eigenvalue weighted by Crippen LogP contribution is -2.26. The fourth-order valence-electron chi connectivity index (χ4n) is 1.75. The zero-order chi connectivity index (χ0) is 17.0. The highest BCUT2D eigenvalue weighted by atomic mass is 32.2. The van der Waals surface area contributed by atoms with Gasteiger partial charge in [-0.15, -0.1) is 0 Å². The molecule has 0 aromatic rings. The second-order valence-electron chi connectivity index (χ2n) is 5.27. The first-order valence-electron chi connectivity index (χ1n) is 7.88. The molecule has 0 heterocycles. The number of rotatable bonds is 12. The molecule has 6 heteroatoms. The molecule has 0 aliphatic carbocycles. The number of carbonyl (C=O) groups is 2. The molecule has 130 valence electrons. The van der Waals surface area contributed by atoms with Crippen molar-refractivity contribution >= 4 is 35.5 Å². The Morgan fingerprint density at radius 2 is 1.55 bits per heavy atom. The van der Waals surface area contributed by atoms with Gasteiger partial charge in [0.05, 0.1) is 17.1 Å². The molecular weight excluding hydrogens is 320 g/mol. The van der Waals surface area contributed by atoms with Gasteiger partial charge in [-0.2, -0.15) is 23.5 Å². The van der Waals surface area contributed by atoms with E-state index >= 15 is 0 Å². The van der Waals surface area contributed by atoms with E-state index in [1.807, 2.05) is 26.4 Å². The van der Waals surface area contributed by atoms with E-state index in [0.29, 0.717) is 13.0 Å². The Kier molecular flexibility index (Phi) is 12.9. The van der Waals surface area contributed by atoms with Gasteiger partial charge in [-0.3, -0.25) is 9.59 Å². The van der Waals surface area contributed by atoms with Gasteiger partial charge in [-0.1, -0.05) is 19.8 Å². The smallest absolute Gasteiger partial charge is 0.319 e. The van der Waals surface area contributed by atoms with Crippen LogP contribution in [0.2, 0.25) is 0 Å². The van der Waals surface area contributed by atoms with Crippen LogP contribution < -0.4 is 0 Å². The van der Waals surface area contributed by atoms with Crippen molar-refractivity contribution in [2.24, 2.45) is 0 Å². The number of thioether (sulfide) groups is 2. The van der Waals surface area contributed by atoms with Gasteiger partial charge in [0.1, 0.15) is 6.10 Å². The summed E-state index contributed by atoms with van der Waals surface area (Å²) in [5.41, 5.74) is 0. The first-order chi connectivity index (χ1) is 10.5. The van der Waals surface area contributed by atoms with Gasteiger partial charge < -0.3 is 9.47 Å². The van der Waals surface area contributed by atoms with Crippen LogP contribution in [0.5, 0.6) is 0 Å². The maximum absolute atomic E-state index is 11.9. The van der Waals surface area contributed by atoms with Crippen LogP contribution in [0.25, 0.3) is 0 Å². The second kappa shape index (κ2) is 13.1. The Bertz CT molecular complexity index is 323. The third kappa shape index (κ3) is 9.62. The maximum Gasteiger partial charge on any atom is 0.319 e. The quantitative estimate of drug-likeness (QED) is 0.393. The van der Waals surface area contributed by atoms with E-state index in [1.54, 1.807) is 0 Å². The Labute approximate surface area is 143 Å². The molecule has 0 radical (unpaired) electrons. The highest BCUT2D eigenvalue weighted by Gasteiger charge is 2.20. The molecule has 0 N–H and O–H groups in total. The molecule has 0 aliphatic rings. The number of hydrogen-bond donors (Lipinski definition) is 0. The fourth-order valence-corrected chi connectivity index (χ4v) is 2.25. The van der Waals surface area contributed by atoms with Crippen molar-refractivity contribution < 1.29 is 19.1 Å². The van der Waals surface area contributed by atoms with Gasteiger partial charge in [0.15, 0.2) is 0 Å². The Morgan fingerprint density at radius 1 is 0.955 bits per heavy atom. The minimum absolute atomic E-state index is 0.155. The normalized spacial score (nSPS) is 15.0. The van der Waals surface area contributed by atoms with Crippen LogP contribution in [0.3, 0.4) is 0 Å². The van der Waals surface area contributed by atoms with Crippen LogP contribution in [-0.4, -0.2) is 47.7 Å². The minimum Gasteiger partial charge on any atom is -0.465 e. The van der Waals surface area contributed by atoms with Crippen LogP contribution in [-0.2, 0) is 19.1 Å². The first-order valence-corrected chi connectivity index (χ1v) is 10.5. The van der Waals surface area contributed by atoms with Crippen molar-refractivity contribution in [3.05, 3.63) is 0 Å². The lowest BCUT2D eigenvalue weighted by molar-refractivity contribution is -0.150. The Hall–Kier alpha value is -0.360. The van der Waals surface area contributed by atoms with Crippen molar-refractivity contribution in [1.82, 2.24) is 0 Å². The molecule has 3 atom stereocenters. The van der Waals surface area contributed by atoms with E-state index in [9.17, 15) is 9.59 Å². The molecule has 0 aromatic heterocycles.